The fraction of sp³-hybridized carbons (Fsp3) is 0.133. The van der Waals surface area contributed by atoms with Crippen LogP contribution in [0, 0.1) is 0 Å². The van der Waals surface area contributed by atoms with Crippen LogP contribution >= 0.6 is 0 Å². The molecule has 0 saturated carbocycles. The Kier molecular flexibility index (Phi) is 4.39. The molecule has 0 saturated heterocycles. The highest BCUT2D eigenvalue weighted by Gasteiger charge is 2.08. The average Bonchev–Trinajstić information content (AvgIpc) is 2.42. The van der Waals surface area contributed by atoms with Crippen LogP contribution in [-0.2, 0) is 4.74 Å². The lowest BCUT2D eigenvalue weighted by Gasteiger charge is -2.11. The number of hydrogen-bond donors (Lipinski definition) is 1. The minimum absolute atomic E-state index is 0.327. The summed E-state index contributed by atoms with van der Waals surface area (Å²) in [7, 11) is 0. The first-order chi connectivity index (χ1) is 9.29. The van der Waals surface area contributed by atoms with E-state index in [4.69, 9.17) is 9.47 Å². The summed E-state index contributed by atoms with van der Waals surface area (Å²) in [6.45, 7) is 2.08. The first kappa shape index (κ1) is 13.0. The molecule has 0 bridgehead atoms. The lowest BCUT2D eigenvalue weighted by atomic mass is 10.3. The molecular weight excluding hydrogens is 242 g/mol. The highest BCUT2D eigenvalue weighted by atomic mass is 16.5. The van der Waals surface area contributed by atoms with Crippen LogP contribution in [0.4, 0.5) is 10.5 Å². The summed E-state index contributed by atoms with van der Waals surface area (Å²) in [5.74, 6) is 1.28. The maximum Gasteiger partial charge on any atom is 0.411 e. The maximum atomic E-state index is 11.4. The van der Waals surface area contributed by atoms with Crippen LogP contribution in [0.15, 0.2) is 54.6 Å². The van der Waals surface area contributed by atoms with Crippen LogP contribution in [0.2, 0.25) is 0 Å². The Labute approximate surface area is 112 Å². The van der Waals surface area contributed by atoms with Crippen LogP contribution in [0.1, 0.15) is 6.92 Å². The van der Waals surface area contributed by atoms with Gasteiger partial charge >= 0.3 is 6.09 Å². The molecule has 0 aromatic heterocycles. The highest BCUT2D eigenvalue weighted by molar-refractivity contribution is 5.86. The summed E-state index contributed by atoms with van der Waals surface area (Å²) >= 11 is 0. The molecular formula is C15H15NO3. The Balaban J connectivity index is 2.14. The molecule has 19 heavy (non-hydrogen) atoms. The van der Waals surface area contributed by atoms with Crippen LogP contribution in [0.3, 0.4) is 0 Å². The van der Waals surface area contributed by atoms with Crippen molar-refractivity contribution in [3.05, 3.63) is 54.6 Å². The molecule has 4 heteroatoms. The van der Waals surface area contributed by atoms with Crippen molar-refractivity contribution in [2.75, 3.05) is 11.9 Å². The lowest BCUT2D eigenvalue weighted by Crippen LogP contribution is -2.13. The number of hydrogen-bond acceptors (Lipinski definition) is 3. The molecule has 2 aromatic rings. The zero-order chi connectivity index (χ0) is 13.5. The molecule has 0 atom stereocenters. The van der Waals surface area contributed by atoms with Gasteiger partial charge in [-0.3, -0.25) is 5.32 Å². The summed E-state index contributed by atoms with van der Waals surface area (Å²) in [5, 5.41) is 2.65. The number of benzene rings is 2. The first-order valence-corrected chi connectivity index (χ1v) is 6.05. The number of rotatable bonds is 4. The standard InChI is InChI=1S/C15H15NO3/c1-2-18-15(17)16-13-10-6-7-11-14(13)19-12-8-4-3-5-9-12/h3-11H,2H2,1H3,(H,16,17). The highest BCUT2D eigenvalue weighted by Crippen LogP contribution is 2.29. The van der Waals surface area contributed by atoms with E-state index in [2.05, 4.69) is 5.32 Å². The molecule has 0 spiro atoms. The fourth-order valence-corrected chi connectivity index (χ4v) is 1.55. The molecule has 0 aliphatic rings. The van der Waals surface area contributed by atoms with Gasteiger partial charge in [0.15, 0.2) is 5.75 Å². The molecule has 1 amide bonds. The van der Waals surface area contributed by atoms with Crippen molar-refractivity contribution in [1.29, 1.82) is 0 Å². The number of anilines is 1. The molecule has 0 aliphatic carbocycles. The third-order valence-electron chi connectivity index (χ3n) is 2.37. The van der Waals surface area contributed by atoms with Crippen molar-refractivity contribution in [3.8, 4) is 11.5 Å². The number of carbonyl (C=O) groups excluding carboxylic acids is 1. The summed E-state index contributed by atoms with van der Waals surface area (Å²) in [6, 6.07) is 16.6. The minimum Gasteiger partial charge on any atom is -0.455 e. The minimum atomic E-state index is -0.494. The van der Waals surface area contributed by atoms with Gasteiger partial charge in [-0.2, -0.15) is 0 Å². The van der Waals surface area contributed by atoms with Crippen molar-refractivity contribution in [2.45, 2.75) is 6.92 Å². The average molecular weight is 257 g/mol. The molecule has 0 unspecified atom stereocenters. The SMILES string of the molecule is CCOC(=O)Nc1ccccc1Oc1ccccc1. The summed E-state index contributed by atoms with van der Waals surface area (Å²) in [5.41, 5.74) is 0.574. The van der Waals surface area contributed by atoms with Gasteiger partial charge in [-0.15, -0.1) is 0 Å². The van der Waals surface area contributed by atoms with Crippen LogP contribution in [-0.4, -0.2) is 12.7 Å². The predicted octanol–water partition coefficient (Wildman–Crippen LogP) is 4.05. The van der Waals surface area contributed by atoms with E-state index in [1.54, 1.807) is 19.1 Å². The number of carbonyl (C=O) groups is 1. The van der Waals surface area contributed by atoms with E-state index in [0.717, 1.165) is 0 Å². The Bertz CT molecular complexity index is 540. The number of nitrogens with one attached hydrogen (secondary N) is 1. The van der Waals surface area contributed by atoms with E-state index in [0.29, 0.717) is 23.8 Å². The molecule has 4 nitrogen and oxygen atoms in total. The van der Waals surface area contributed by atoms with Gasteiger partial charge < -0.3 is 9.47 Å². The van der Waals surface area contributed by atoms with Crippen molar-refractivity contribution < 1.29 is 14.3 Å². The molecule has 2 aromatic carbocycles. The first-order valence-electron chi connectivity index (χ1n) is 6.05. The van der Waals surface area contributed by atoms with Gasteiger partial charge in [0.05, 0.1) is 12.3 Å². The fourth-order valence-electron chi connectivity index (χ4n) is 1.55. The second-order valence-corrected chi connectivity index (χ2v) is 3.76. The van der Waals surface area contributed by atoms with Gasteiger partial charge in [-0.1, -0.05) is 30.3 Å². The van der Waals surface area contributed by atoms with Crippen LogP contribution in [0.5, 0.6) is 11.5 Å². The monoisotopic (exact) mass is 257 g/mol. The number of ether oxygens (including phenoxy) is 2. The molecule has 1 N–H and O–H groups in total. The number of amides is 1. The molecule has 98 valence electrons. The Hall–Kier alpha value is -2.49. The summed E-state index contributed by atoms with van der Waals surface area (Å²) in [6.07, 6.45) is -0.494. The molecule has 0 fully saturated rings. The Morgan fingerprint density at radius 1 is 1.05 bits per heavy atom. The van der Waals surface area contributed by atoms with Crippen molar-refractivity contribution in [2.24, 2.45) is 0 Å². The van der Waals surface area contributed by atoms with E-state index in [-0.39, 0.29) is 0 Å². The van der Waals surface area contributed by atoms with Gasteiger partial charge in [0.2, 0.25) is 0 Å². The van der Waals surface area contributed by atoms with E-state index in [1.165, 1.54) is 0 Å². The van der Waals surface area contributed by atoms with Gasteiger partial charge in [-0.25, -0.2) is 4.79 Å². The largest absolute Gasteiger partial charge is 0.455 e. The van der Waals surface area contributed by atoms with Gasteiger partial charge in [0.25, 0.3) is 0 Å². The maximum absolute atomic E-state index is 11.4. The predicted molar refractivity (Wildman–Crippen MR) is 73.6 cm³/mol. The summed E-state index contributed by atoms with van der Waals surface area (Å²) < 4.78 is 10.6. The quantitative estimate of drug-likeness (QED) is 0.898. The third-order valence-corrected chi connectivity index (χ3v) is 2.37. The molecule has 0 aliphatic heterocycles. The van der Waals surface area contributed by atoms with E-state index in [9.17, 15) is 4.79 Å². The zero-order valence-corrected chi connectivity index (χ0v) is 10.6. The zero-order valence-electron chi connectivity index (χ0n) is 10.6. The van der Waals surface area contributed by atoms with E-state index in [1.807, 2.05) is 42.5 Å². The van der Waals surface area contributed by atoms with Crippen LogP contribution in [0.25, 0.3) is 0 Å². The third kappa shape index (κ3) is 3.74. The van der Waals surface area contributed by atoms with Gasteiger partial charge in [0, 0.05) is 0 Å². The van der Waals surface area contributed by atoms with Crippen molar-refractivity contribution in [1.82, 2.24) is 0 Å². The number of para-hydroxylation sites is 3. The molecule has 2 rings (SSSR count). The van der Waals surface area contributed by atoms with Gasteiger partial charge in [0.1, 0.15) is 5.75 Å². The second-order valence-electron chi connectivity index (χ2n) is 3.76. The van der Waals surface area contributed by atoms with E-state index < -0.39 is 6.09 Å². The molecule has 0 heterocycles. The van der Waals surface area contributed by atoms with Crippen LogP contribution < -0.4 is 10.1 Å². The molecule has 0 radical (unpaired) electrons. The van der Waals surface area contributed by atoms with Crippen molar-refractivity contribution >= 4 is 11.8 Å². The lowest BCUT2D eigenvalue weighted by molar-refractivity contribution is 0.168. The van der Waals surface area contributed by atoms with Crippen molar-refractivity contribution in [3.63, 3.8) is 0 Å². The smallest absolute Gasteiger partial charge is 0.411 e. The Morgan fingerprint density at radius 2 is 1.74 bits per heavy atom. The van der Waals surface area contributed by atoms with E-state index >= 15 is 0 Å². The Morgan fingerprint density at radius 3 is 2.47 bits per heavy atom. The summed E-state index contributed by atoms with van der Waals surface area (Å²) in [4.78, 5) is 11.4. The normalized spacial score (nSPS) is 9.74. The topological polar surface area (TPSA) is 47.6 Å². The van der Waals surface area contributed by atoms with Gasteiger partial charge in [-0.05, 0) is 31.2 Å². The second kappa shape index (κ2) is 6.44.